The fourth-order valence-corrected chi connectivity index (χ4v) is 5.11. The summed E-state index contributed by atoms with van der Waals surface area (Å²) in [6.45, 7) is 5.76. The lowest BCUT2D eigenvalue weighted by Gasteiger charge is -2.37. The van der Waals surface area contributed by atoms with Gasteiger partial charge in [-0.15, -0.1) is 11.3 Å². The molecule has 2 aliphatic heterocycles. The van der Waals surface area contributed by atoms with Crippen molar-refractivity contribution in [3.05, 3.63) is 22.4 Å². The van der Waals surface area contributed by atoms with Crippen LogP contribution in [0.4, 0.5) is 0 Å². The second-order valence-electron chi connectivity index (χ2n) is 5.59. The third-order valence-corrected chi connectivity index (χ3v) is 7.18. The lowest BCUT2D eigenvalue weighted by atomic mass is 10.3. The number of thiophene rings is 1. The van der Waals surface area contributed by atoms with Crippen molar-refractivity contribution in [1.82, 2.24) is 13.5 Å². The number of rotatable bonds is 5. The molecule has 2 aliphatic rings. The maximum Gasteiger partial charge on any atom is 0.282 e. The molecule has 3 heterocycles. The van der Waals surface area contributed by atoms with E-state index in [9.17, 15) is 8.42 Å². The van der Waals surface area contributed by atoms with Gasteiger partial charge in [0.25, 0.3) is 10.2 Å². The molecular weight excluding hydrogens is 322 g/mol. The standard InChI is InChI=1S/C14H23N3O3S2/c18-22(19,17-9-11-20-12-10-17)16-7-5-15(6-8-16)4-3-14-2-1-13-21-14/h1-2,13H,3-12H2. The number of hydrogen-bond donors (Lipinski definition) is 0. The molecule has 0 amide bonds. The van der Waals surface area contributed by atoms with E-state index in [-0.39, 0.29) is 0 Å². The van der Waals surface area contributed by atoms with Crippen LogP contribution in [0.2, 0.25) is 0 Å². The van der Waals surface area contributed by atoms with Gasteiger partial charge >= 0.3 is 0 Å². The van der Waals surface area contributed by atoms with Gasteiger partial charge in [-0.1, -0.05) is 6.07 Å². The van der Waals surface area contributed by atoms with Crippen LogP contribution in [0.25, 0.3) is 0 Å². The summed E-state index contributed by atoms with van der Waals surface area (Å²) in [4.78, 5) is 3.74. The van der Waals surface area contributed by atoms with Gasteiger partial charge in [-0.3, -0.25) is 0 Å². The van der Waals surface area contributed by atoms with Gasteiger partial charge in [0.05, 0.1) is 13.2 Å². The van der Waals surface area contributed by atoms with Gasteiger partial charge in [0, 0.05) is 50.7 Å². The largest absolute Gasteiger partial charge is 0.379 e. The van der Waals surface area contributed by atoms with Crippen LogP contribution in [0.1, 0.15) is 4.88 Å². The molecular formula is C14H23N3O3S2. The average Bonchev–Trinajstić information content (AvgIpc) is 3.08. The Kier molecular flexibility index (Phi) is 5.48. The minimum atomic E-state index is -3.30. The van der Waals surface area contributed by atoms with Crippen molar-refractivity contribution in [2.24, 2.45) is 0 Å². The van der Waals surface area contributed by atoms with Crippen molar-refractivity contribution in [1.29, 1.82) is 0 Å². The van der Waals surface area contributed by atoms with E-state index < -0.39 is 10.2 Å². The Morgan fingerprint density at radius 1 is 1.05 bits per heavy atom. The Hall–Kier alpha value is -0.510. The molecule has 124 valence electrons. The monoisotopic (exact) mass is 345 g/mol. The Morgan fingerprint density at radius 2 is 1.73 bits per heavy atom. The number of morpholine rings is 1. The fourth-order valence-electron chi connectivity index (χ4n) is 2.85. The maximum atomic E-state index is 12.6. The summed E-state index contributed by atoms with van der Waals surface area (Å²) in [7, 11) is -3.30. The van der Waals surface area contributed by atoms with Crippen molar-refractivity contribution in [3.8, 4) is 0 Å². The van der Waals surface area contributed by atoms with Gasteiger partial charge in [0.15, 0.2) is 0 Å². The molecule has 0 atom stereocenters. The molecule has 8 heteroatoms. The summed E-state index contributed by atoms with van der Waals surface area (Å²) < 4.78 is 33.6. The van der Waals surface area contributed by atoms with E-state index in [4.69, 9.17) is 4.74 Å². The summed E-state index contributed by atoms with van der Waals surface area (Å²) in [6.07, 6.45) is 1.05. The summed E-state index contributed by atoms with van der Waals surface area (Å²) >= 11 is 1.78. The number of piperazine rings is 1. The minimum Gasteiger partial charge on any atom is -0.379 e. The number of ether oxygens (including phenoxy) is 1. The highest BCUT2D eigenvalue weighted by Gasteiger charge is 2.33. The number of nitrogens with zero attached hydrogens (tertiary/aromatic N) is 3. The molecule has 0 aromatic carbocycles. The van der Waals surface area contributed by atoms with Crippen LogP contribution in [-0.2, 0) is 21.4 Å². The van der Waals surface area contributed by atoms with E-state index in [1.54, 1.807) is 19.9 Å². The normalized spacial score (nSPS) is 22.9. The van der Waals surface area contributed by atoms with Gasteiger partial charge in [-0.25, -0.2) is 0 Å². The zero-order valence-corrected chi connectivity index (χ0v) is 14.3. The first-order chi connectivity index (χ1) is 10.7. The van der Waals surface area contributed by atoms with Crippen LogP contribution < -0.4 is 0 Å². The van der Waals surface area contributed by atoms with Gasteiger partial charge in [-0.05, 0) is 17.9 Å². The van der Waals surface area contributed by atoms with E-state index >= 15 is 0 Å². The van der Waals surface area contributed by atoms with Crippen LogP contribution >= 0.6 is 11.3 Å². The topological polar surface area (TPSA) is 53.1 Å². The quantitative estimate of drug-likeness (QED) is 0.779. The highest BCUT2D eigenvalue weighted by atomic mass is 32.2. The highest BCUT2D eigenvalue weighted by Crippen LogP contribution is 2.15. The molecule has 2 saturated heterocycles. The van der Waals surface area contributed by atoms with E-state index in [2.05, 4.69) is 22.4 Å². The van der Waals surface area contributed by atoms with Gasteiger partial charge in [0.1, 0.15) is 0 Å². The second-order valence-corrected chi connectivity index (χ2v) is 8.55. The highest BCUT2D eigenvalue weighted by molar-refractivity contribution is 7.86. The first kappa shape index (κ1) is 16.4. The summed E-state index contributed by atoms with van der Waals surface area (Å²) in [5, 5.41) is 2.10. The smallest absolute Gasteiger partial charge is 0.282 e. The van der Waals surface area contributed by atoms with Crippen LogP contribution in [-0.4, -0.2) is 81.0 Å². The van der Waals surface area contributed by atoms with Gasteiger partial charge in [-0.2, -0.15) is 17.0 Å². The predicted molar refractivity (Wildman–Crippen MR) is 87.3 cm³/mol. The van der Waals surface area contributed by atoms with Crippen molar-refractivity contribution in [2.75, 3.05) is 59.0 Å². The first-order valence-electron chi connectivity index (χ1n) is 7.74. The molecule has 1 aromatic heterocycles. The molecule has 0 unspecified atom stereocenters. The van der Waals surface area contributed by atoms with Crippen molar-refractivity contribution in [2.45, 2.75) is 6.42 Å². The molecule has 3 rings (SSSR count). The molecule has 2 fully saturated rings. The van der Waals surface area contributed by atoms with E-state index in [0.29, 0.717) is 39.4 Å². The predicted octanol–water partition coefficient (Wildman–Crippen LogP) is 0.485. The van der Waals surface area contributed by atoms with E-state index in [1.165, 1.54) is 4.88 Å². The van der Waals surface area contributed by atoms with Crippen LogP contribution in [0.15, 0.2) is 17.5 Å². The molecule has 0 radical (unpaired) electrons. The van der Waals surface area contributed by atoms with Gasteiger partial charge in [0.2, 0.25) is 0 Å². The minimum absolute atomic E-state index is 0.473. The van der Waals surface area contributed by atoms with Crippen LogP contribution in [0.5, 0.6) is 0 Å². The second kappa shape index (κ2) is 7.37. The molecule has 22 heavy (non-hydrogen) atoms. The Morgan fingerprint density at radius 3 is 2.36 bits per heavy atom. The van der Waals surface area contributed by atoms with Crippen molar-refractivity contribution < 1.29 is 13.2 Å². The molecule has 0 aliphatic carbocycles. The summed E-state index contributed by atoms with van der Waals surface area (Å²) in [5.41, 5.74) is 0. The van der Waals surface area contributed by atoms with E-state index in [1.807, 2.05) is 0 Å². The Bertz CT molecular complexity index is 548. The third kappa shape index (κ3) is 3.87. The molecule has 1 aromatic rings. The van der Waals surface area contributed by atoms with Gasteiger partial charge < -0.3 is 9.64 Å². The summed E-state index contributed by atoms with van der Waals surface area (Å²) in [5.74, 6) is 0. The molecule has 0 N–H and O–H groups in total. The van der Waals surface area contributed by atoms with Crippen molar-refractivity contribution in [3.63, 3.8) is 0 Å². The van der Waals surface area contributed by atoms with E-state index in [0.717, 1.165) is 26.1 Å². The van der Waals surface area contributed by atoms with Crippen molar-refractivity contribution >= 4 is 21.5 Å². The third-order valence-electron chi connectivity index (χ3n) is 4.21. The zero-order valence-electron chi connectivity index (χ0n) is 12.7. The lowest BCUT2D eigenvalue weighted by molar-refractivity contribution is 0.0685. The zero-order chi connectivity index (χ0) is 15.4. The molecule has 0 bridgehead atoms. The lowest BCUT2D eigenvalue weighted by Crippen LogP contribution is -2.55. The summed E-state index contributed by atoms with van der Waals surface area (Å²) in [6, 6.07) is 4.23. The Balaban J connectivity index is 1.48. The fraction of sp³-hybridized carbons (Fsp3) is 0.714. The Labute approximate surface area is 136 Å². The molecule has 0 saturated carbocycles. The van der Waals surface area contributed by atoms with Crippen LogP contribution in [0, 0.1) is 0 Å². The van der Waals surface area contributed by atoms with Crippen LogP contribution in [0.3, 0.4) is 0 Å². The first-order valence-corrected chi connectivity index (χ1v) is 10.0. The molecule has 6 nitrogen and oxygen atoms in total. The maximum absolute atomic E-state index is 12.6. The SMILES string of the molecule is O=S(=O)(N1CCOCC1)N1CCN(CCc2cccs2)CC1. The average molecular weight is 345 g/mol. The number of hydrogen-bond acceptors (Lipinski definition) is 5. The molecule has 0 spiro atoms.